The number of allylic oxidation sites excluding steroid dienone is 5. The van der Waals surface area contributed by atoms with Crippen molar-refractivity contribution in [3.8, 4) is 0 Å². The zero-order valence-corrected chi connectivity index (χ0v) is 15.3. The lowest BCUT2D eigenvalue weighted by atomic mass is 10.1. The Morgan fingerprint density at radius 2 is 1.83 bits per heavy atom. The molecule has 134 valence electrons. The summed E-state index contributed by atoms with van der Waals surface area (Å²) in [4.78, 5) is 0. The fourth-order valence-electron chi connectivity index (χ4n) is 2.66. The fourth-order valence-corrected chi connectivity index (χ4v) is 4.21. The Bertz CT molecular complexity index is 556. The summed E-state index contributed by atoms with van der Waals surface area (Å²) in [7, 11) is -2.84. The van der Waals surface area contributed by atoms with Gasteiger partial charge in [-0.3, -0.25) is 5.43 Å². The zero-order valence-electron chi connectivity index (χ0n) is 14.5. The Morgan fingerprint density at radius 3 is 2.39 bits per heavy atom. The van der Waals surface area contributed by atoms with E-state index in [1.807, 2.05) is 6.92 Å². The molecule has 0 amide bonds. The van der Waals surface area contributed by atoms with E-state index in [2.05, 4.69) is 56.4 Å². The smallest absolute Gasteiger partial charge is 0.153 e. The zero-order chi connectivity index (χ0) is 16.8. The van der Waals surface area contributed by atoms with Crippen molar-refractivity contribution in [1.82, 2.24) is 10.4 Å². The van der Waals surface area contributed by atoms with Gasteiger partial charge in [-0.05, 0) is 41.0 Å². The average Bonchev–Trinajstić information content (AvgIpc) is 2.34. The van der Waals surface area contributed by atoms with Crippen LogP contribution in [0.1, 0.15) is 48.5 Å². The summed E-state index contributed by atoms with van der Waals surface area (Å²) in [5.41, 5.74) is 7.16. The van der Waals surface area contributed by atoms with Crippen molar-refractivity contribution < 1.29 is 8.42 Å². The van der Waals surface area contributed by atoms with Crippen LogP contribution >= 0.6 is 0 Å². The molecule has 0 spiro atoms. The highest BCUT2D eigenvalue weighted by Gasteiger charge is 2.27. The SMILES string of the molecule is C.CC(C)=C/C(C)=C/C(C)=C/CCNN1CCS(=O)(=O)CC1C. The predicted molar refractivity (Wildman–Crippen MR) is 101 cm³/mol. The van der Waals surface area contributed by atoms with Crippen LogP contribution in [0.15, 0.2) is 34.9 Å². The van der Waals surface area contributed by atoms with Gasteiger partial charge in [0.05, 0.1) is 11.5 Å². The van der Waals surface area contributed by atoms with Gasteiger partial charge in [-0.2, -0.15) is 0 Å². The molecule has 1 N–H and O–H groups in total. The van der Waals surface area contributed by atoms with Crippen LogP contribution in [0.5, 0.6) is 0 Å². The largest absolute Gasteiger partial charge is 0.255 e. The van der Waals surface area contributed by atoms with Gasteiger partial charge in [0.25, 0.3) is 0 Å². The van der Waals surface area contributed by atoms with E-state index < -0.39 is 9.84 Å². The standard InChI is InChI=1S/C17H30N2O2S.CH4/c1-14(2)11-16(4)12-15(3)7-6-8-18-19-9-10-22(20,21)13-17(19)5;/h7,11-12,17-18H,6,8-10,13H2,1-5H3;1H4/b15-7+,16-12+;. The second kappa shape index (κ2) is 10.1. The maximum absolute atomic E-state index is 11.5. The van der Waals surface area contributed by atoms with Crippen molar-refractivity contribution in [3.05, 3.63) is 34.9 Å². The van der Waals surface area contributed by atoms with Crippen LogP contribution in [0.25, 0.3) is 0 Å². The van der Waals surface area contributed by atoms with Crippen molar-refractivity contribution in [1.29, 1.82) is 0 Å². The molecule has 1 heterocycles. The summed E-state index contributed by atoms with van der Waals surface area (Å²) in [6, 6.07) is 0.0450. The highest BCUT2D eigenvalue weighted by Crippen LogP contribution is 2.09. The molecule has 23 heavy (non-hydrogen) atoms. The van der Waals surface area contributed by atoms with Crippen LogP contribution in [0.4, 0.5) is 0 Å². The molecule has 0 aromatic rings. The Balaban J connectivity index is 0.00000484. The summed E-state index contributed by atoms with van der Waals surface area (Å²) in [5, 5.41) is 2.05. The van der Waals surface area contributed by atoms with E-state index in [4.69, 9.17) is 0 Å². The van der Waals surface area contributed by atoms with Gasteiger partial charge in [0, 0.05) is 19.1 Å². The third kappa shape index (κ3) is 9.08. The Hall–Kier alpha value is -0.910. The lowest BCUT2D eigenvalue weighted by Gasteiger charge is -2.33. The molecular formula is C18H34N2O2S. The lowest BCUT2D eigenvalue weighted by Crippen LogP contribution is -2.53. The Kier molecular flexibility index (Phi) is 9.66. The van der Waals surface area contributed by atoms with E-state index in [0.717, 1.165) is 13.0 Å². The first kappa shape index (κ1) is 22.1. The molecule has 1 unspecified atom stereocenters. The first-order valence-electron chi connectivity index (χ1n) is 7.90. The normalized spacial score (nSPS) is 22.4. The fraction of sp³-hybridized carbons (Fsp3) is 0.667. The molecular weight excluding hydrogens is 308 g/mol. The van der Waals surface area contributed by atoms with E-state index in [9.17, 15) is 8.42 Å². The third-order valence-corrected chi connectivity index (χ3v) is 5.36. The molecule has 1 aliphatic rings. The lowest BCUT2D eigenvalue weighted by molar-refractivity contribution is 0.149. The molecule has 0 bridgehead atoms. The minimum Gasteiger partial charge on any atom is -0.255 e. The van der Waals surface area contributed by atoms with Gasteiger partial charge in [0.1, 0.15) is 0 Å². The molecule has 1 aliphatic heterocycles. The number of sulfone groups is 1. The molecule has 0 radical (unpaired) electrons. The van der Waals surface area contributed by atoms with E-state index in [1.54, 1.807) is 0 Å². The van der Waals surface area contributed by atoms with Crippen LogP contribution in [-0.2, 0) is 9.84 Å². The van der Waals surface area contributed by atoms with E-state index in [-0.39, 0.29) is 25.0 Å². The Labute approximate surface area is 143 Å². The van der Waals surface area contributed by atoms with Gasteiger partial charge in [0.2, 0.25) is 0 Å². The van der Waals surface area contributed by atoms with E-state index >= 15 is 0 Å². The predicted octanol–water partition coefficient (Wildman–Crippen LogP) is 3.49. The monoisotopic (exact) mass is 342 g/mol. The van der Waals surface area contributed by atoms with Gasteiger partial charge < -0.3 is 0 Å². The van der Waals surface area contributed by atoms with Crippen molar-refractivity contribution in [2.24, 2.45) is 0 Å². The number of hydrogen-bond acceptors (Lipinski definition) is 4. The molecule has 1 fully saturated rings. The molecule has 1 saturated heterocycles. The molecule has 0 saturated carbocycles. The molecule has 0 aromatic carbocycles. The van der Waals surface area contributed by atoms with Crippen LogP contribution in [0.3, 0.4) is 0 Å². The summed E-state index contributed by atoms with van der Waals surface area (Å²) < 4.78 is 23.1. The second-order valence-corrected chi connectivity index (χ2v) is 8.64. The number of nitrogens with zero attached hydrogens (tertiary/aromatic N) is 1. The van der Waals surface area contributed by atoms with Crippen molar-refractivity contribution in [2.45, 2.75) is 54.5 Å². The number of hydrazine groups is 1. The van der Waals surface area contributed by atoms with Crippen LogP contribution < -0.4 is 5.43 Å². The van der Waals surface area contributed by atoms with E-state index in [1.165, 1.54) is 16.7 Å². The first-order chi connectivity index (χ1) is 10.2. The summed E-state index contributed by atoms with van der Waals surface area (Å²) in [5.74, 6) is 0.503. The number of nitrogens with one attached hydrogen (secondary N) is 1. The minimum atomic E-state index is -2.84. The minimum absolute atomic E-state index is 0. The third-order valence-electron chi connectivity index (χ3n) is 3.57. The molecule has 0 aromatic heterocycles. The highest BCUT2D eigenvalue weighted by molar-refractivity contribution is 7.91. The quantitative estimate of drug-likeness (QED) is 0.593. The topological polar surface area (TPSA) is 49.4 Å². The van der Waals surface area contributed by atoms with Crippen LogP contribution in [0, 0.1) is 0 Å². The summed E-state index contributed by atoms with van der Waals surface area (Å²) in [6.07, 6.45) is 7.50. The molecule has 1 atom stereocenters. The first-order valence-corrected chi connectivity index (χ1v) is 9.72. The van der Waals surface area contributed by atoms with Gasteiger partial charge in [-0.1, -0.05) is 42.4 Å². The molecule has 4 nitrogen and oxygen atoms in total. The molecule has 5 heteroatoms. The van der Waals surface area contributed by atoms with Crippen molar-refractivity contribution in [2.75, 3.05) is 24.6 Å². The molecule has 0 aliphatic carbocycles. The van der Waals surface area contributed by atoms with Crippen LogP contribution in [0.2, 0.25) is 0 Å². The number of rotatable bonds is 6. The van der Waals surface area contributed by atoms with Crippen molar-refractivity contribution in [3.63, 3.8) is 0 Å². The Morgan fingerprint density at radius 1 is 1.17 bits per heavy atom. The van der Waals surface area contributed by atoms with E-state index in [0.29, 0.717) is 6.54 Å². The maximum atomic E-state index is 11.5. The maximum Gasteiger partial charge on any atom is 0.153 e. The average molecular weight is 343 g/mol. The summed E-state index contributed by atoms with van der Waals surface area (Å²) >= 11 is 0. The second-order valence-electron chi connectivity index (χ2n) is 6.41. The number of hydrogen-bond donors (Lipinski definition) is 1. The van der Waals surface area contributed by atoms with Crippen molar-refractivity contribution >= 4 is 9.84 Å². The van der Waals surface area contributed by atoms with Gasteiger partial charge in [-0.25, -0.2) is 13.4 Å². The van der Waals surface area contributed by atoms with Gasteiger partial charge >= 0.3 is 0 Å². The van der Waals surface area contributed by atoms with Gasteiger partial charge in [-0.15, -0.1) is 0 Å². The van der Waals surface area contributed by atoms with Gasteiger partial charge in [0.15, 0.2) is 9.84 Å². The summed E-state index contributed by atoms with van der Waals surface area (Å²) in [6.45, 7) is 11.8. The molecule has 1 rings (SSSR count). The highest BCUT2D eigenvalue weighted by atomic mass is 32.2. The van der Waals surface area contributed by atoms with Crippen LogP contribution in [-0.4, -0.2) is 44.1 Å².